The number of hydrogen-bond donors (Lipinski definition) is 2. The van der Waals surface area contributed by atoms with Crippen LogP contribution in [0, 0.1) is 0 Å². The summed E-state index contributed by atoms with van der Waals surface area (Å²) >= 11 is 0. The van der Waals surface area contributed by atoms with Crippen LogP contribution in [0.25, 0.3) is 27.8 Å². The normalized spacial score (nSPS) is 20.4. The van der Waals surface area contributed by atoms with Gasteiger partial charge in [0.1, 0.15) is 5.69 Å². The molecule has 0 spiro atoms. The van der Waals surface area contributed by atoms with Gasteiger partial charge in [0.2, 0.25) is 5.60 Å². The maximum absolute atomic E-state index is 12.4. The molecule has 1 amide bonds. The fourth-order valence-electron chi connectivity index (χ4n) is 4.65. The third-order valence-corrected chi connectivity index (χ3v) is 6.77. The number of fused-ring (bicyclic) bond motifs is 1. The molecule has 1 atom stereocenters. The molecule has 1 aliphatic heterocycles. The van der Waals surface area contributed by atoms with Crippen LogP contribution in [0.3, 0.4) is 0 Å². The van der Waals surface area contributed by atoms with Crippen molar-refractivity contribution in [1.82, 2.24) is 19.8 Å². The summed E-state index contributed by atoms with van der Waals surface area (Å²) in [7, 11) is 1.63. The molecule has 4 aromatic rings. The van der Waals surface area contributed by atoms with Crippen LogP contribution in [0.2, 0.25) is 0 Å². The van der Waals surface area contributed by atoms with E-state index in [0.717, 1.165) is 18.4 Å². The lowest BCUT2D eigenvalue weighted by molar-refractivity contribution is -0.144. The number of aromatic nitrogens is 3. The van der Waals surface area contributed by atoms with Crippen molar-refractivity contribution in [3.63, 3.8) is 0 Å². The number of nitrogens with zero attached hydrogens (tertiary/aromatic N) is 4. The average molecular weight is 458 g/mol. The number of likely N-dealkylation sites (tertiary alicyclic amines) is 1. The number of hydrogen-bond acceptors (Lipinski definition) is 6. The van der Waals surface area contributed by atoms with Gasteiger partial charge >= 0.3 is 5.97 Å². The number of carbonyl (C=O) groups excluding carboxylic acids is 1. The number of rotatable bonds is 5. The molecular formula is C25H22N4O5. The van der Waals surface area contributed by atoms with Crippen molar-refractivity contribution in [2.24, 2.45) is 0 Å². The monoisotopic (exact) mass is 458 g/mol. The molecule has 172 valence electrons. The van der Waals surface area contributed by atoms with Crippen molar-refractivity contribution in [2.45, 2.75) is 30.8 Å². The molecule has 2 aromatic carbocycles. The highest BCUT2D eigenvalue weighted by Crippen LogP contribution is 2.41. The number of likely N-dealkylation sites (N-methyl/N-ethyl adjacent to an activating group) is 1. The molecule has 1 saturated carbocycles. The molecule has 0 bridgehead atoms. The average Bonchev–Trinajstić information content (AvgIpc) is 3.34. The lowest BCUT2D eigenvalue weighted by Crippen LogP contribution is -2.35. The van der Waals surface area contributed by atoms with E-state index in [9.17, 15) is 19.8 Å². The van der Waals surface area contributed by atoms with Crippen molar-refractivity contribution >= 4 is 22.8 Å². The number of aromatic carboxylic acids is 1. The van der Waals surface area contributed by atoms with Gasteiger partial charge in [-0.3, -0.25) is 4.79 Å². The maximum atomic E-state index is 12.4. The molecule has 1 saturated heterocycles. The Morgan fingerprint density at radius 3 is 2.71 bits per heavy atom. The van der Waals surface area contributed by atoms with E-state index in [1.54, 1.807) is 17.8 Å². The molecule has 0 radical (unpaired) electrons. The third-order valence-electron chi connectivity index (χ3n) is 6.77. The molecule has 2 aliphatic rings. The Morgan fingerprint density at radius 1 is 1.18 bits per heavy atom. The SMILES string of the molecule is CN1CC[C@@](O)(c2cc(-c3cccc(-n4nc(C(=O)O)c5cc(C6CC6)ccc54)c3)no2)C1=O. The Kier molecular flexibility index (Phi) is 4.40. The summed E-state index contributed by atoms with van der Waals surface area (Å²) in [6, 6.07) is 14.8. The first-order valence-corrected chi connectivity index (χ1v) is 11.2. The van der Waals surface area contributed by atoms with Crippen LogP contribution in [0.15, 0.2) is 53.1 Å². The molecule has 2 aromatic heterocycles. The predicted octanol–water partition coefficient (Wildman–Crippen LogP) is 3.31. The van der Waals surface area contributed by atoms with E-state index >= 15 is 0 Å². The largest absolute Gasteiger partial charge is 0.476 e. The number of carboxylic acids is 1. The second-order valence-electron chi connectivity index (χ2n) is 9.08. The van der Waals surface area contributed by atoms with Gasteiger partial charge in [-0.15, -0.1) is 0 Å². The van der Waals surface area contributed by atoms with E-state index in [1.165, 1.54) is 4.90 Å². The van der Waals surface area contributed by atoms with E-state index in [4.69, 9.17) is 4.52 Å². The number of benzene rings is 2. The van der Waals surface area contributed by atoms with Crippen LogP contribution in [-0.4, -0.2) is 55.5 Å². The van der Waals surface area contributed by atoms with Crippen LogP contribution in [0.4, 0.5) is 0 Å². The Labute approximate surface area is 194 Å². The predicted molar refractivity (Wildman–Crippen MR) is 122 cm³/mol. The van der Waals surface area contributed by atoms with Crippen LogP contribution in [0.5, 0.6) is 0 Å². The maximum Gasteiger partial charge on any atom is 0.357 e. The van der Waals surface area contributed by atoms with Gasteiger partial charge in [0.25, 0.3) is 5.91 Å². The minimum Gasteiger partial charge on any atom is -0.476 e. The zero-order valence-electron chi connectivity index (χ0n) is 18.4. The lowest BCUT2D eigenvalue weighted by Gasteiger charge is -2.16. The first-order chi connectivity index (χ1) is 16.3. The Bertz CT molecular complexity index is 1470. The van der Waals surface area contributed by atoms with Gasteiger partial charge in [-0.05, 0) is 48.6 Å². The van der Waals surface area contributed by atoms with E-state index in [0.29, 0.717) is 40.3 Å². The quantitative estimate of drug-likeness (QED) is 0.471. The van der Waals surface area contributed by atoms with Crippen molar-refractivity contribution in [3.05, 3.63) is 65.5 Å². The number of carbonyl (C=O) groups is 2. The number of carboxylic acid groups (broad SMARTS) is 1. The van der Waals surface area contributed by atoms with Gasteiger partial charge in [-0.1, -0.05) is 23.4 Å². The van der Waals surface area contributed by atoms with Gasteiger partial charge in [-0.25, -0.2) is 9.48 Å². The highest BCUT2D eigenvalue weighted by atomic mass is 16.5. The van der Waals surface area contributed by atoms with Gasteiger partial charge in [0, 0.05) is 37.0 Å². The van der Waals surface area contributed by atoms with Crippen LogP contribution in [-0.2, 0) is 10.4 Å². The van der Waals surface area contributed by atoms with Gasteiger partial charge in [0.05, 0.1) is 11.2 Å². The Morgan fingerprint density at radius 2 is 2.00 bits per heavy atom. The molecule has 1 aliphatic carbocycles. The first kappa shape index (κ1) is 20.6. The number of amides is 1. The second-order valence-corrected chi connectivity index (χ2v) is 9.08. The van der Waals surface area contributed by atoms with Crippen LogP contribution >= 0.6 is 0 Å². The lowest BCUT2D eigenvalue weighted by atomic mass is 9.98. The fraction of sp³-hybridized carbons (Fsp3) is 0.280. The summed E-state index contributed by atoms with van der Waals surface area (Å²) in [6.45, 7) is 0.432. The van der Waals surface area contributed by atoms with E-state index in [2.05, 4.69) is 10.3 Å². The van der Waals surface area contributed by atoms with Crippen molar-refractivity contribution in [2.75, 3.05) is 13.6 Å². The summed E-state index contributed by atoms with van der Waals surface area (Å²) in [5, 5.41) is 29.7. The summed E-state index contributed by atoms with van der Waals surface area (Å²) < 4.78 is 6.98. The first-order valence-electron chi connectivity index (χ1n) is 11.2. The molecule has 6 rings (SSSR count). The highest BCUT2D eigenvalue weighted by Gasteiger charge is 2.48. The Hall–Kier alpha value is -3.98. The van der Waals surface area contributed by atoms with Crippen molar-refractivity contribution < 1.29 is 24.3 Å². The fourth-order valence-corrected chi connectivity index (χ4v) is 4.65. The smallest absolute Gasteiger partial charge is 0.357 e. The van der Waals surface area contributed by atoms with E-state index in [1.807, 2.05) is 42.5 Å². The molecule has 9 heteroatoms. The zero-order chi connectivity index (χ0) is 23.6. The van der Waals surface area contributed by atoms with E-state index in [-0.39, 0.29) is 17.9 Å². The summed E-state index contributed by atoms with van der Waals surface area (Å²) in [5.74, 6) is -0.889. The molecular weight excluding hydrogens is 436 g/mol. The third kappa shape index (κ3) is 3.12. The summed E-state index contributed by atoms with van der Waals surface area (Å²) in [5.41, 5.74) is 1.94. The van der Waals surface area contributed by atoms with Crippen molar-refractivity contribution in [3.8, 4) is 16.9 Å². The molecule has 2 fully saturated rings. The summed E-state index contributed by atoms with van der Waals surface area (Å²) in [4.78, 5) is 25.8. The minimum absolute atomic E-state index is 0.0118. The van der Waals surface area contributed by atoms with Gasteiger partial charge < -0.3 is 19.6 Å². The van der Waals surface area contributed by atoms with Gasteiger partial charge in [-0.2, -0.15) is 5.10 Å². The van der Waals surface area contributed by atoms with Crippen molar-refractivity contribution in [1.29, 1.82) is 0 Å². The topological polar surface area (TPSA) is 122 Å². The minimum atomic E-state index is -1.72. The standard InChI is InChI=1S/C25H22N4O5/c1-28-10-9-25(33,24(28)32)21-13-19(27-34-21)16-3-2-4-17(11-16)29-20-8-7-15(14-5-6-14)12-18(20)22(26-29)23(30)31/h2-4,7-8,11-14,33H,5-6,9-10H2,1H3,(H,30,31)/t25-/m1/s1. The zero-order valence-corrected chi connectivity index (χ0v) is 18.4. The molecule has 3 heterocycles. The Balaban J connectivity index is 1.40. The highest BCUT2D eigenvalue weighted by molar-refractivity contribution is 6.02. The van der Waals surface area contributed by atoms with Crippen LogP contribution in [0.1, 0.15) is 47.0 Å². The molecule has 2 N–H and O–H groups in total. The van der Waals surface area contributed by atoms with E-state index < -0.39 is 17.5 Å². The molecule has 0 unspecified atom stereocenters. The molecule has 34 heavy (non-hydrogen) atoms. The molecule has 9 nitrogen and oxygen atoms in total. The number of aliphatic hydroxyl groups is 1. The van der Waals surface area contributed by atoms with Crippen LogP contribution < -0.4 is 0 Å². The van der Waals surface area contributed by atoms with Gasteiger partial charge in [0.15, 0.2) is 11.5 Å². The second kappa shape index (κ2) is 7.26. The summed E-state index contributed by atoms with van der Waals surface area (Å²) in [6.07, 6.45) is 2.48.